The molecule has 5 nitrogen and oxygen atoms in total. The van der Waals surface area contributed by atoms with Crippen molar-refractivity contribution in [1.29, 1.82) is 0 Å². The van der Waals surface area contributed by atoms with Crippen LogP contribution in [0.1, 0.15) is 16.9 Å². The molecule has 3 rings (SSSR count). The van der Waals surface area contributed by atoms with Crippen molar-refractivity contribution in [3.8, 4) is 17.1 Å². The highest BCUT2D eigenvalue weighted by atomic mass is 35.5. The third kappa shape index (κ3) is 4.94. The largest absolute Gasteiger partial charge is 0.483 e. The molecule has 0 radical (unpaired) electrons. The average molecular weight is 417 g/mol. The number of para-hydroxylation sites is 1. The maximum atomic E-state index is 11.9. The topological polar surface area (TPSA) is 63.8 Å². The third-order valence-corrected chi connectivity index (χ3v) is 4.52. The minimum atomic E-state index is -0.372. The average Bonchev–Trinajstić information content (AvgIpc) is 3.12. The SMILES string of the molecule is Cc1cccc(C)c1OCC(=O)NN=Cc1ccc(-c2cc(Cl)ccc2Cl)o1. The number of ether oxygens (including phenoxy) is 1. The van der Waals surface area contributed by atoms with E-state index >= 15 is 0 Å². The fourth-order valence-electron chi connectivity index (χ4n) is 2.62. The van der Waals surface area contributed by atoms with Crippen molar-refractivity contribution in [3.05, 3.63) is 75.5 Å². The Balaban J connectivity index is 1.57. The molecule has 1 N–H and O–H groups in total. The fraction of sp³-hybridized carbons (Fsp3) is 0.143. The zero-order chi connectivity index (χ0) is 20.1. The number of hydrogen-bond acceptors (Lipinski definition) is 4. The van der Waals surface area contributed by atoms with Crippen LogP contribution in [-0.4, -0.2) is 18.7 Å². The molecule has 1 amide bonds. The summed E-state index contributed by atoms with van der Waals surface area (Å²) in [6.07, 6.45) is 1.40. The summed E-state index contributed by atoms with van der Waals surface area (Å²) in [5.74, 6) is 1.35. The molecule has 0 saturated carbocycles. The molecule has 0 fully saturated rings. The number of halogens is 2. The number of benzene rings is 2. The summed E-state index contributed by atoms with van der Waals surface area (Å²) in [7, 11) is 0. The standard InChI is InChI=1S/C21H18Cl2N2O3/c1-13-4-3-5-14(2)21(13)27-12-20(26)25-24-11-16-7-9-19(28-16)17-10-15(22)6-8-18(17)23/h3-11H,12H2,1-2H3,(H,25,26). The number of carbonyl (C=O) groups is 1. The number of aryl methyl sites for hydroxylation is 2. The summed E-state index contributed by atoms with van der Waals surface area (Å²) in [4.78, 5) is 11.9. The van der Waals surface area contributed by atoms with Crippen molar-refractivity contribution in [2.45, 2.75) is 13.8 Å². The minimum absolute atomic E-state index is 0.134. The van der Waals surface area contributed by atoms with Crippen molar-refractivity contribution in [2.24, 2.45) is 5.10 Å². The second-order valence-electron chi connectivity index (χ2n) is 6.13. The van der Waals surface area contributed by atoms with Gasteiger partial charge in [-0.05, 0) is 55.3 Å². The lowest BCUT2D eigenvalue weighted by molar-refractivity contribution is -0.123. The van der Waals surface area contributed by atoms with Gasteiger partial charge in [-0.2, -0.15) is 5.10 Å². The van der Waals surface area contributed by atoms with E-state index in [1.54, 1.807) is 30.3 Å². The molecule has 7 heteroatoms. The van der Waals surface area contributed by atoms with Gasteiger partial charge < -0.3 is 9.15 Å². The molecule has 0 spiro atoms. The molecule has 2 aromatic carbocycles. The Kier molecular flexibility index (Phi) is 6.39. The van der Waals surface area contributed by atoms with Crippen LogP contribution >= 0.6 is 23.2 Å². The van der Waals surface area contributed by atoms with Crippen molar-refractivity contribution < 1.29 is 13.9 Å². The van der Waals surface area contributed by atoms with Crippen LogP contribution in [0.3, 0.4) is 0 Å². The first-order valence-electron chi connectivity index (χ1n) is 8.50. The Hall–Kier alpha value is -2.76. The van der Waals surface area contributed by atoms with E-state index in [0.29, 0.717) is 32.9 Å². The summed E-state index contributed by atoms with van der Waals surface area (Å²) in [6.45, 7) is 3.72. The number of amides is 1. The van der Waals surface area contributed by atoms with Crippen LogP contribution in [0.2, 0.25) is 10.0 Å². The number of nitrogens with one attached hydrogen (secondary N) is 1. The number of nitrogens with zero attached hydrogens (tertiary/aromatic N) is 1. The van der Waals surface area contributed by atoms with Gasteiger partial charge in [-0.15, -0.1) is 0 Å². The van der Waals surface area contributed by atoms with Crippen molar-refractivity contribution >= 4 is 35.3 Å². The molecule has 0 aliphatic carbocycles. The number of rotatable bonds is 6. The van der Waals surface area contributed by atoms with E-state index in [1.807, 2.05) is 32.0 Å². The number of carbonyl (C=O) groups excluding carboxylic acids is 1. The zero-order valence-corrected chi connectivity index (χ0v) is 16.8. The second kappa shape index (κ2) is 8.95. The Morgan fingerprint density at radius 2 is 1.89 bits per heavy atom. The first-order valence-corrected chi connectivity index (χ1v) is 9.26. The Morgan fingerprint density at radius 3 is 2.64 bits per heavy atom. The molecule has 0 bridgehead atoms. The molecular formula is C21H18Cl2N2O3. The minimum Gasteiger partial charge on any atom is -0.483 e. The van der Waals surface area contributed by atoms with Crippen LogP contribution in [0.5, 0.6) is 5.75 Å². The summed E-state index contributed by atoms with van der Waals surface area (Å²) in [5, 5.41) is 4.97. The summed E-state index contributed by atoms with van der Waals surface area (Å²) in [5.41, 5.74) is 5.03. The van der Waals surface area contributed by atoms with Gasteiger partial charge in [0.1, 0.15) is 17.3 Å². The summed E-state index contributed by atoms with van der Waals surface area (Å²) < 4.78 is 11.3. The molecule has 28 heavy (non-hydrogen) atoms. The Morgan fingerprint density at radius 1 is 1.14 bits per heavy atom. The Bertz CT molecular complexity index is 1010. The van der Waals surface area contributed by atoms with E-state index in [4.69, 9.17) is 32.4 Å². The maximum absolute atomic E-state index is 11.9. The number of furan rings is 1. The third-order valence-electron chi connectivity index (χ3n) is 3.96. The molecule has 144 valence electrons. The quantitative estimate of drug-likeness (QED) is 0.432. The molecule has 1 aromatic heterocycles. The highest BCUT2D eigenvalue weighted by Gasteiger charge is 2.09. The van der Waals surface area contributed by atoms with E-state index in [9.17, 15) is 4.79 Å². The lowest BCUT2D eigenvalue weighted by atomic mass is 10.1. The molecule has 0 aliphatic rings. The van der Waals surface area contributed by atoms with Gasteiger partial charge in [0, 0.05) is 10.6 Å². The first-order chi connectivity index (χ1) is 13.4. The molecule has 0 unspecified atom stereocenters. The fourth-order valence-corrected chi connectivity index (χ4v) is 3.00. The Labute approximate surface area is 172 Å². The normalized spacial score (nSPS) is 11.0. The van der Waals surface area contributed by atoms with Crippen molar-refractivity contribution in [2.75, 3.05) is 6.61 Å². The van der Waals surface area contributed by atoms with E-state index < -0.39 is 0 Å². The lowest BCUT2D eigenvalue weighted by Gasteiger charge is -2.10. The summed E-state index contributed by atoms with van der Waals surface area (Å²) in [6, 6.07) is 14.4. The van der Waals surface area contributed by atoms with Gasteiger partial charge in [-0.1, -0.05) is 41.4 Å². The van der Waals surface area contributed by atoms with Gasteiger partial charge in [0.2, 0.25) is 0 Å². The van der Waals surface area contributed by atoms with Gasteiger partial charge in [0.15, 0.2) is 6.61 Å². The van der Waals surface area contributed by atoms with Gasteiger partial charge in [0.25, 0.3) is 5.91 Å². The van der Waals surface area contributed by atoms with Gasteiger partial charge in [-0.25, -0.2) is 5.43 Å². The molecule has 0 aliphatic heterocycles. The van der Waals surface area contributed by atoms with E-state index in [0.717, 1.165) is 11.1 Å². The van der Waals surface area contributed by atoms with Gasteiger partial charge in [0.05, 0.1) is 11.2 Å². The number of hydrogen-bond donors (Lipinski definition) is 1. The predicted octanol–water partition coefficient (Wildman–Crippen LogP) is 5.40. The zero-order valence-electron chi connectivity index (χ0n) is 15.3. The highest BCUT2D eigenvalue weighted by Crippen LogP contribution is 2.31. The molecule has 1 heterocycles. The number of hydrazone groups is 1. The predicted molar refractivity (Wildman–Crippen MR) is 111 cm³/mol. The van der Waals surface area contributed by atoms with E-state index in [2.05, 4.69) is 10.5 Å². The van der Waals surface area contributed by atoms with E-state index in [-0.39, 0.29) is 12.5 Å². The van der Waals surface area contributed by atoms with Crippen LogP contribution in [-0.2, 0) is 4.79 Å². The van der Waals surface area contributed by atoms with Crippen LogP contribution in [0.15, 0.2) is 58.0 Å². The second-order valence-corrected chi connectivity index (χ2v) is 6.97. The van der Waals surface area contributed by atoms with Crippen molar-refractivity contribution in [1.82, 2.24) is 5.43 Å². The molecule has 0 atom stereocenters. The monoisotopic (exact) mass is 416 g/mol. The van der Waals surface area contributed by atoms with Crippen LogP contribution in [0, 0.1) is 13.8 Å². The highest BCUT2D eigenvalue weighted by molar-refractivity contribution is 6.35. The molecular weight excluding hydrogens is 399 g/mol. The van der Waals surface area contributed by atoms with Crippen LogP contribution < -0.4 is 10.2 Å². The van der Waals surface area contributed by atoms with E-state index in [1.165, 1.54) is 6.21 Å². The first kappa shape index (κ1) is 20.0. The molecule has 0 saturated heterocycles. The van der Waals surface area contributed by atoms with Crippen LogP contribution in [0.25, 0.3) is 11.3 Å². The maximum Gasteiger partial charge on any atom is 0.277 e. The summed E-state index contributed by atoms with van der Waals surface area (Å²) >= 11 is 12.2. The van der Waals surface area contributed by atoms with Crippen LogP contribution in [0.4, 0.5) is 0 Å². The lowest BCUT2D eigenvalue weighted by Crippen LogP contribution is -2.24. The van der Waals surface area contributed by atoms with Crippen molar-refractivity contribution in [3.63, 3.8) is 0 Å². The molecule has 3 aromatic rings. The smallest absolute Gasteiger partial charge is 0.277 e. The van der Waals surface area contributed by atoms with Gasteiger partial charge >= 0.3 is 0 Å². The van der Waals surface area contributed by atoms with Gasteiger partial charge in [-0.3, -0.25) is 4.79 Å².